The highest BCUT2D eigenvalue weighted by molar-refractivity contribution is 7.99. The average molecular weight is 413 g/mol. The molecule has 0 saturated carbocycles. The predicted molar refractivity (Wildman–Crippen MR) is 114 cm³/mol. The van der Waals surface area contributed by atoms with Gasteiger partial charge in [0.2, 0.25) is 17.8 Å². The lowest BCUT2D eigenvalue weighted by atomic mass is 10.2. The molecule has 0 aliphatic rings. The molecule has 28 heavy (non-hydrogen) atoms. The Bertz CT molecular complexity index is 974. The number of hydrogen-bond acceptors (Lipinski definition) is 8. The Balaban J connectivity index is 1.56. The fraction of sp³-hybridized carbons (Fsp3) is 0.158. The van der Waals surface area contributed by atoms with Crippen molar-refractivity contribution < 1.29 is 4.79 Å². The normalized spacial score (nSPS) is 10.6. The summed E-state index contributed by atoms with van der Waals surface area (Å²) in [4.78, 5) is 26.0. The van der Waals surface area contributed by atoms with E-state index in [-0.39, 0.29) is 23.6 Å². The van der Waals surface area contributed by atoms with Crippen LogP contribution in [0.4, 0.5) is 17.6 Å². The second-order valence-corrected chi connectivity index (χ2v) is 8.12. The van der Waals surface area contributed by atoms with Crippen LogP contribution in [0.15, 0.2) is 57.4 Å². The van der Waals surface area contributed by atoms with Crippen molar-refractivity contribution in [2.45, 2.75) is 28.8 Å². The van der Waals surface area contributed by atoms with Gasteiger partial charge in [-0.2, -0.15) is 15.0 Å². The molecular weight excluding hydrogens is 392 g/mol. The molecule has 0 aliphatic carbocycles. The van der Waals surface area contributed by atoms with Gasteiger partial charge in [0.15, 0.2) is 5.16 Å². The molecule has 0 saturated heterocycles. The minimum atomic E-state index is -0.169. The summed E-state index contributed by atoms with van der Waals surface area (Å²) in [5, 5.41) is 3.17. The van der Waals surface area contributed by atoms with Gasteiger partial charge in [0, 0.05) is 15.5 Å². The van der Waals surface area contributed by atoms with Crippen LogP contribution in [0.25, 0.3) is 0 Å². The van der Waals surface area contributed by atoms with E-state index in [0.29, 0.717) is 5.16 Å². The number of nitrogens with one attached hydrogen (secondary N) is 1. The fourth-order valence-corrected chi connectivity index (χ4v) is 3.98. The number of carbonyl (C=O) groups excluding carboxylic acids is 1. The Morgan fingerprint density at radius 3 is 2.36 bits per heavy atom. The quantitative estimate of drug-likeness (QED) is 0.526. The summed E-state index contributed by atoms with van der Waals surface area (Å²) in [5.74, 6) is 0.0409. The molecular formula is C19H20N6OS2. The topological polar surface area (TPSA) is 120 Å². The Morgan fingerprint density at radius 2 is 1.68 bits per heavy atom. The van der Waals surface area contributed by atoms with E-state index in [4.69, 9.17) is 11.5 Å². The number of rotatable bonds is 6. The largest absolute Gasteiger partial charge is 0.368 e. The smallest absolute Gasteiger partial charge is 0.234 e. The highest BCUT2D eigenvalue weighted by Gasteiger charge is 2.08. The van der Waals surface area contributed by atoms with Crippen LogP contribution in [-0.4, -0.2) is 26.6 Å². The van der Waals surface area contributed by atoms with Crippen LogP contribution >= 0.6 is 23.5 Å². The van der Waals surface area contributed by atoms with Crippen LogP contribution in [0, 0.1) is 13.8 Å². The van der Waals surface area contributed by atoms with Crippen LogP contribution in [0.1, 0.15) is 11.1 Å². The van der Waals surface area contributed by atoms with Crippen molar-refractivity contribution in [3.8, 4) is 0 Å². The van der Waals surface area contributed by atoms with Crippen LogP contribution in [-0.2, 0) is 4.79 Å². The van der Waals surface area contributed by atoms with Crippen molar-refractivity contribution in [2.75, 3.05) is 22.5 Å². The zero-order valence-electron chi connectivity index (χ0n) is 15.5. The molecule has 7 nitrogen and oxygen atoms in total. The highest BCUT2D eigenvalue weighted by Crippen LogP contribution is 2.31. The molecule has 0 spiro atoms. The number of aryl methyl sites for hydroxylation is 2. The number of nitrogens with zero attached hydrogens (tertiary/aromatic N) is 3. The van der Waals surface area contributed by atoms with E-state index in [1.165, 1.54) is 16.0 Å². The number of nitrogens with two attached hydrogens (primary N) is 2. The lowest BCUT2D eigenvalue weighted by Crippen LogP contribution is -2.14. The molecule has 0 aliphatic heterocycles. The molecule has 1 amide bonds. The van der Waals surface area contributed by atoms with E-state index < -0.39 is 0 Å². The second-order valence-electron chi connectivity index (χ2n) is 6.07. The van der Waals surface area contributed by atoms with Gasteiger partial charge in [0.1, 0.15) is 0 Å². The third kappa shape index (κ3) is 5.61. The van der Waals surface area contributed by atoms with E-state index in [9.17, 15) is 4.79 Å². The van der Waals surface area contributed by atoms with Gasteiger partial charge < -0.3 is 16.8 Å². The third-order valence-electron chi connectivity index (χ3n) is 3.69. The Morgan fingerprint density at radius 1 is 1.00 bits per heavy atom. The number of hydrogen-bond donors (Lipinski definition) is 3. The van der Waals surface area contributed by atoms with Crippen molar-refractivity contribution in [2.24, 2.45) is 0 Å². The van der Waals surface area contributed by atoms with Crippen LogP contribution in [0.5, 0.6) is 0 Å². The summed E-state index contributed by atoms with van der Waals surface area (Å²) in [5.41, 5.74) is 14.2. The van der Waals surface area contributed by atoms with Crippen molar-refractivity contribution in [1.29, 1.82) is 0 Å². The molecule has 0 bridgehead atoms. The maximum absolute atomic E-state index is 12.1. The molecule has 3 rings (SSSR count). The van der Waals surface area contributed by atoms with Crippen molar-refractivity contribution in [3.63, 3.8) is 0 Å². The van der Waals surface area contributed by atoms with Crippen LogP contribution in [0.3, 0.4) is 0 Å². The molecule has 5 N–H and O–H groups in total. The zero-order valence-corrected chi connectivity index (χ0v) is 17.1. The predicted octanol–water partition coefficient (Wildman–Crippen LogP) is 3.53. The standard InChI is InChI=1S/C19H20N6OS2/c1-11-3-4-12(2)15(9-11)28-14-7-5-13(6-8-14)22-16(26)10-27-19-24-17(20)23-18(21)25-19/h3-9H,10H2,1-2H3,(H,22,26)(H4,20,21,23,24,25). The number of amides is 1. The Kier molecular flexibility index (Phi) is 6.37. The van der Waals surface area contributed by atoms with E-state index in [2.05, 4.69) is 52.3 Å². The number of anilines is 3. The summed E-state index contributed by atoms with van der Waals surface area (Å²) in [6.07, 6.45) is 0. The highest BCUT2D eigenvalue weighted by atomic mass is 32.2. The van der Waals surface area contributed by atoms with Gasteiger partial charge >= 0.3 is 0 Å². The first kappa shape index (κ1) is 20.0. The number of benzene rings is 2. The zero-order chi connectivity index (χ0) is 20.1. The molecule has 0 radical (unpaired) electrons. The monoisotopic (exact) mass is 412 g/mol. The SMILES string of the molecule is Cc1ccc(C)c(Sc2ccc(NC(=O)CSc3nc(N)nc(N)n3)cc2)c1. The lowest BCUT2D eigenvalue weighted by Gasteiger charge is -2.09. The van der Waals surface area contributed by atoms with Gasteiger partial charge in [-0.25, -0.2) is 0 Å². The first-order valence-electron chi connectivity index (χ1n) is 8.44. The van der Waals surface area contributed by atoms with Crippen molar-refractivity contribution >= 4 is 47.0 Å². The van der Waals surface area contributed by atoms with E-state index >= 15 is 0 Å². The molecule has 1 heterocycles. The molecule has 2 aromatic carbocycles. The molecule has 0 unspecified atom stereocenters. The van der Waals surface area contributed by atoms with Gasteiger partial charge in [-0.3, -0.25) is 4.79 Å². The third-order valence-corrected chi connectivity index (χ3v) is 5.71. The van der Waals surface area contributed by atoms with Crippen molar-refractivity contribution in [1.82, 2.24) is 15.0 Å². The minimum Gasteiger partial charge on any atom is -0.368 e. The van der Waals surface area contributed by atoms with E-state index in [1.807, 2.05) is 24.3 Å². The van der Waals surface area contributed by atoms with Gasteiger partial charge in [-0.1, -0.05) is 35.7 Å². The number of aromatic nitrogens is 3. The molecule has 0 atom stereocenters. The lowest BCUT2D eigenvalue weighted by molar-refractivity contribution is -0.113. The maximum Gasteiger partial charge on any atom is 0.234 e. The van der Waals surface area contributed by atoms with Gasteiger partial charge in [-0.05, 0) is 55.3 Å². The second kappa shape index (κ2) is 8.94. The maximum atomic E-state index is 12.1. The summed E-state index contributed by atoms with van der Waals surface area (Å²) >= 11 is 2.85. The first-order valence-corrected chi connectivity index (χ1v) is 10.2. The minimum absolute atomic E-state index is 0.0346. The molecule has 144 valence electrons. The Labute approximate surface area is 171 Å². The molecule has 3 aromatic rings. The first-order chi connectivity index (χ1) is 13.4. The summed E-state index contributed by atoms with van der Waals surface area (Å²) in [6, 6.07) is 14.1. The van der Waals surface area contributed by atoms with Crippen LogP contribution in [0.2, 0.25) is 0 Å². The van der Waals surface area contributed by atoms with E-state index in [0.717, 1.165) is 22.3 Å². The van der Waals surface area contributed by atoms with Gasteiger partial charge in [0.25, 0.3) is 0 Å². The average Bonchev–Trinajstić information content (AvgIpc) is 2.64. The van der Waals surface area contributed by atoms with Gasteiger partial charge in [-0.15, -0.1) is 0 Å². The Hall–Kier alpha value is -2.78. The van der Waals surface area contributed by atoms with Crippen molar-refractivity contribution in [3.05, 3.63) is 53.6 Å². The fourth-order valence-electron chi connectivity index (χ4n) is 2.33. The molecule has 0 fully saturated rings. The van der Waals surface area contributed by atoms with E-state index in [1.54, 1.807) is 11.8 Å². The van der Waals surface area contributed by atoms with Crippen LogP contribution < -0.4 is 16.8 Å². The molecule has 1 aromatic heterocycles. The molecule has 9 heteroatoms. The van der Waals surface area contributed by atoms with Gasteiger partial charge in [0.05, 0.1) is 5.75 Å². The summed E-state index contributed by atoms with van der Waals surface area (Å²) in [6.45, 7) is 4.18. The number of nitrogen functional groups attached to an aromatic ring is 2. The number of thioether (sulfide) groups is 1. The number of carbonyl (C=O) groups is 1. The summed E-state index contributed by atoms with van der Waals surface area (Å²) < 4.78 is 0. The summed E-state index contributed by atoms with van der Waals surface area (Å²) in [7, 11) is 0.